The van der Waals surface area contributed by atoms with Gasteiger partial charge in [0.25, 0.3) is 5.91 Å². The Morgan fingerprint density at radius 3 is 2.63 bits per heavy atom. The third kappa shape index (κ3) is 3.32. The van der Waals surface area contributed by atoms with E-state index in [1.807, 2.05) is 6.92 Å². The highest BCUT2D eigenvalue weighted by Gasteiger charge is 2.30. The van der Waals surface area contributed by atoms with Gasteiger partial charge < -0.3 is 10.2 Å². The standard InChI is InChI=1S/C15H21FN2O/c1-11-4-5-12(16)10-13(11)14(19)17-15(2)6-8-18(3)9-7-15/h4-5,10H,6-9H2,1-3H3,(H,17,19). The van der Waals surface area contributed by atoms with Crippen LogP contribution in [0.5, 0.6) is 0 Å². The number of halogens is 1. The van der Waals surface area contributed by atoms with E-state index in [1.54, 1.807) is 6.07 Å². The molecule has 2 rings (SSSR count). The largest absolute Gasteiger partial charge is 0.347 e. The van der Waals surface area contributed by atoms with Gasteiger partial charge in [0, 0.05) is 24.2 Å². The van der Waals surface area contributed by atoms with E-state index in [9.17, 15) is 9.18 Å². The number of hydrogen-bond donors (Lipinski definition) is 1. The lowest BCUT2D eigenvalue weighted by atomic mass is 9.89. The van der Waals surface area contributed by atoms with Crippen LogP contribution < -0.4 is 5.32 Å². The first-order chi connectivity index (χ1) is 8.89. The molecule has 0 aliphatic carbocycles. The Morgan fingerprint density at radius 1 is 1.37 bits per heavy atom. The van der Waals surface area contributed by atoms with Crippen molar-refractivity contribution in [2.45, 2.75) is 32.2 Å². The summed E-state index contributed by atoms with van der Waals surface area (Å²) in [5, 5.41) is 3.07. The third-order valence-electron chi connectivity index (χ3n) is 3.95. The first kappa shape index (κ1) is 14.0. The van der Waals surface area contributed by atoms with Crippen molar-refractivity contribution in [1.82, 2.24) is 10.2 Å². The molecule has 1 heterocycles. The monoisotopic (exact) mass is 264 g/mol. The molecular formula is C15H21FN2O. The fourth-order valence-corrected chi connectivity index (χ4v) is 2.42. The summed E-state index contributed by atoms with van der Waals surface area (Å²) in [5.74, 6) is -0.548. The normalized spacial score (nSPS) is 19.2. The third-order valence-corrected chi connectivity index (χ3v) is 3.95. The zero-order valence-electron chi connectivity index (χ0n) is 11.8. The second-order valence-electron chi connectivity index (χ2n) is 5.78. The number of piperidine rings is 1. The van der Waals surface area contributed by atoms with Crippen LogP contribution in [0.3, 0.4) is 0 Å². The molecular weight excluding hydrogens is 243 g/mol. The summed E-state index contributed by atoms with van der Waals surface area (Å²) >= 11 is 0. The van der Waals surface area contributed by atoms with Crippen molar-refractivity contribution in [3.63, 3.8) is 0 Å². The number of aryl methyl sites for hydroxylation is 1. The van der Waals surface area contributed by atoms with Crippen molar-refractivity contribution in [3.8, 4) is 0 Å². The van der Waals surface area contributed by atoms with Crippen LogP contribution in [-0.4, -0.2) is 36.5 Å². The number of nitrogens with one attached hydrogen (secondary N) is 1. The second kappa shape index (κ2) is 5.29. The number of nitrogens with zero attached hydrogens (tertiary/aromatic N) is 1. The van der Waals surface area contributed by atoms with Crippen LogP contribution in [0.2, 0.25) is 0 Å². The minimum absolute atomic E-state index is 0.177. The molecule has 0 saturated carbocycles. The van der Waals surface area contributed by atoms with E-state index in [0.717, 1.165) is 31.5 Å². The van der Waals surface area contributed by atoms with Gasteiger partial charge in [-0.15, -0.1) is 0 Å². The maximum absolute atomic E-state index is 13.2. The van der Waals surface area contributed by atoms with Gasteiger partial charge in [-0.1, -0.05) is 6.07 Å². The van der Waals surface area contributed by atoms with Gasteiger partial charge in [-0.3, -0.25) is 4.79 Å². The second-order valence-corrected chi connectivity index (χ2v) is 5.78. The lowest BCUT2D eigenvalue weighted by molar-refractivity contribution is 0.0851. The van der Waals surface area contributed by atoms with Crippen molar-refractivity contribution in [2.75, 3.05) is 20.1 Å². The average molecular weight is 264 g/mol. The predicted octanol–water partition coefficient (Wildman–Crippen LogP) is 2.35. The maximum atomic E-state index is 13.2. The molecule has 1 amide bonds. The predicted molar refractivity (Wildman–Crippen MR) is 73.7 cm³/mol. The van der Waals surface area contributed by atoms with Gasteiger partial charge in [-0.05, 0) is 51.4 Å². The van der Waals surface area contributed by atoms with Gasteiger partial charge in [-0.2, -0.15) is 0 Å². The molecule has 4 heteroatoms. The van der Waals surface area contributed by atoms with Gasteiger partial charge >= 0.3 is 0 Å². The van der Waals surface area contributed by atoms with E-state index in [2.05, 4.69) is 24.2 Å². The molecule has 104 valence electrons. The number of likely N-dealkylation sites (tertiary alicyclic amines) is 1. The van der Waals surface area contributed by atoms with Crippen molar-refractivity contribution in [3.05, 3.63) is 35.1 Å². The molecule has 1 N–H and O–H groups in total. The summed E-state index contributed by atoms with van der Waals surface area (Å²) in [6.07, 6.45) is 1.84. The van der Waals surface area contributed by atoms with Crippen molar-refractivity contribution in [1.29, 1.82) is 0 Å². The van der Waals surface area contributed by atoms with E-state index in [-0.39, 0.29) is 17.3 Å². The van der Waals surface area contributed by atoms with Crippen LogP contribution in [0.4, 0.5) is 4.39 Å². The van der Waals surface area contributed by atoms with Crippen LogP contribution in [0.15, 0.2) is 18.2 Å². The lowest BCUT2D eigenvalue weighted by Crippen LogP contribution is -2.52. The minimum Gasteiger partial charge on any atom is -0.347 e. The lowest BCUT2D eigenvalue weighted by Gasteiger charge is -2.38. The number of rotatable bonds is 2. The summed E-state index contributed by atoms with van der Waals surface area (Å²) in [4.78, 5) is 14.5. The highest BCUT2D eigenvalue weighted by molar-refractivity contribution is 5.96. The van der Waals surface area contributed by atoms with Gasteiger partial charge in [-0.25, -0.2) is 4.39 Å². The van der Waals surface area contributed by atoms with Gasteiger partial charge in [0.1, 0.15) is 5.82 Å². The van der Waals surface area contributed by atoms with Crippen LogP contribution in [0.25, 0.3) is 0 Å². The Labute approximate surface area is 113 Å². The molecule has 1 aromatic carbocycles. The van der Waals surface area contributed by atoms with Crippen LogP contribution in [-0.2, 0) is 0 Å². The molecule has 1 fully saturated rings. The highest BCUT2D eigenvalue weighted by atomic mass is 19.1. The van der Waals surface area contributed by atoms with Crippen LogP contribution >= 0.6 is 0 Å². The molecule has 1 aliphatic heterocycles. The number of carbonyl (C=O) groups is 1. The van der Waals surface area contributed by atoms with Gasteiger partial charge in [0.15, 0.2) is 0 Å². The van der Waals surface area contributed by atoms with Crippen molar-refractivity contribution in [2.24, 2.45) is 0 Å². The molecule has 0 unspecified atom stereocenters. The molecule has 1 aromatic rings. The van der Waals surface area contributed by atoms with E-state index in [0.29, 0.717) is 5.56 Å². The summed E-state index contributed by atoms with van der Waals surface area (Å²) in [6.45, 7) is 5.83. The fraction of sp³-hybridized carbons (Fsp3) is 0.533. The number of carbonyl (C=O) groups excluding carboxylic acids is 1. The number of amides is 1. The van der Waals surface area contributed by atoms with E-state index < -0.39 is 0 Å². The summed E-state index contributed by atoms with van der Waals surface area (Å²) < 4.78 is 13.2. The molecule has 0 spiro atoms. The molecule has 3 nitrogen and oxygen atoms in total. The van der Waals surface area contributed by atoms with Crippen molar-refractivity contribution < 1.29 is 9.18 Å². The molecule has 0 atom stereocenters. The topological polar surface area (TPSA) is 32.3 Å². The molecule has 1 saturated heterocycles. The number of hydrogen-bond acceptors (Lipinski definition) is 2. The first-order valence-corrected chi connectivity index (χ1v) is 6.67. The Kier molecular flexibility index (Phi) is 3.90. The smallest absolute Gasteiger partial charge is 0.252 e. The zero-order chi connectivity index (χ0) is 14.0. The average Bonchev–Trinajstić information content (AvgIpc) is 2.36. The Bertz CT molecular complexity index is 479. The minimum atomic E-state index is -0.371. The van der Waals surface area contributed by atoms with Crippen LogP contribution in [0.1, 0.15) is 35.7 Å². The van der Waals surface area contributed by atoms with Crippen molar-refractivity contribution >= 4 is 5.91 Å². The molecule has 19 heavy (non-hydrogen) atoms. The first-order valence-electron chi connectivity index (χ1n) is 6.67. The van der Waals surface area contributed by atoms with Gasteiger partial charge in [0.05, 0.1) is 0 Å². The van der Waals surface area contributed by atoms with Gasteiger partial charge in [0.2, 0.25) is 0 Å². The zero-order valence-corrected chi connectivity index (χ0v) is 11.8. The maximum Gasteiger partial charge on any atom is 0.252 e. The molecule has 0 bridgehead atoms. The molecule has 1 aliphatic rings. The Balaban J connectivity index is 2.10. The highest BCUT2D eigenvalue weighted by Crippen LogP contribution is 2.22. The quantitative estimate of drug-likeness (QED) is 0.889. The fourth-order valence-electron chi connectivity index (χ4n) is 2.42. The summed E-state index contributed by atoms with van der Waals surface area (Å²) in [6, 6.07) is 4.33. The van der Waals surface area contributed by atoms with E-state index >= 15 is 0 Å². The molecule has 0 aromatic heterocycles. The van der Waals surface area contributed by atoms with E-state index in [1.165, 1.54) is 12.1 Å². The SMILES string of the molecule is Cc1ccc(F)cc1C(=O)NC1(C)CCN(C)CC1. The molecule has 0 radical (unpaired) electrons. The number of benzene rings is 1. The summed E-state index contributed by atoms with van der Waals surface area (Å²) in [7, 11) is 2.08. The Hall–Kier alpha value is -1.42. The van der Waals surface area contributed by atoms with Crippen LogP contribution in [0, 0.1) is 12.7 Å². The Morgan fingerprint density at radius 2 is 2.00 bits per heavy atom. The van der Waals surface area contributed by atoms with E-state index in [4.69, 9.17) is 0 Å². The summed E-state index contributed by atoms with van der Waals surface area (Å²) in [5.41, 5.74) is 1.04.